The van der Waals surface area contributed by atoms with Gasteiger partial charge in [0, 0.05) is 6.42 Å². The summed E-state index contributed by atoms with van der Waals surface area (Å²) in [6, 6.07) is 8.98. The van der Waals surface area contributed by atoms with E-state index in [1.807, 2.05) is 38.1 Å². The monoisotopic (exact) mass is 300 g/mol. The van der Waals surface area contributed by atoms with Gasteiger partial charge >= 0.3 is 5.97 Å². The number of esters is 1. The van der Waals surface area contributed by atoms with Crippen LogP contribution in [0.15, 0.2) is 53.6 Å². The average molecular weight is 300 g/mol. The molecule has 0 bridgehead atoms. The van der Waals surface area contributed by atoms with Crippen LogP contribution in [0.25, 0.3) is 0 Å². The molecule has 0 aromatic heterocycles. The highest BCUT2D eigenvalue weighted by molar-refractivity contribution is 5.89. The van der Waals surface area contributed by atoms with Crippen LogP contribution in [0.3, 0.4) is 0 Å². The second kappa shape index (κ2) is 10.6. The molecule has 0 fully saturated rings. The molecule has 0 aliphatic carbocycles. The maximum Gasteiger partial charge on any atom is 0.338 e. The van der Waals surface area contributed by atoms with Gasteiger partial charge in [-0.1, -0.05) is 35.4 Å². The van der Waals surface area contributed by atoms with Crippen molar-refractivity contribution in [1.29, 1.82) is 0 Å². The van der Waals surface area contributed by atoms with Crippen molar-refractivity contribution in [3.05, 3.63) is 59.2 Å². The molecule has 118 valence electrons. The van der Waals surface area contributed by atoms with Gasteiger partial charge in [-0.05, 0) is 51.3 Å². The molecule has 0 aliphatic heterocycles. The summed E-state index contributed by atoms with van der Waals surface area (Å²) in [5, 5.41) is 0. The Bertz CT molecular complexity index is 527. The van der Waals surface area contributed by atoms with Gasteiger partial charge in [-0.3, -0.25) is 0 Å². The van der Waals surface area contributed by atoms with E-state index in [1.165, 1.54) is 11.1 Å². The summed E-state index contributed by atoms with van der Waals surface area (Å²) < 4.78 is 5.21. The van der Waals surface area contributed by atoms with Crippen molar-refractivity contribution in [3.8, 4) is 0 Å². The van der Waals surface area contributed by atoms with Gasteiger partial charge in [0.25, 0.3) is 0 Å². The van der Waals surface area contributed by atoms with Crippen LogP contribution in [0, 0.1) is 0 Å². The van der Waals surface area contributed by atoms with E-state index in [2.05, 4.69) is 6.08 Å². The van der Waals surface area contributed by atoms with Crippen LogP contribution in [-0.4, -0.2) is 18.9 Å². The molecule has 3 nitrogen and oxygen atoms in total. The van der Waals surface area contributed by atoms with Crippen LogP contribution in [0.1, 0.15) is 49.9 Å². The Morgan fingerprint density at radius 1 is 1.00 bits per heavy atom. The number of benzene rings is 1. The third-order valence-electron chi connectivity index (χ3n) is 3.34. The van der Waals surface area contributed by atoms with E-state index in [9.17, 15) is 9.59 Å². The van der Waals surface area contributed by atoms with Gasteiger partial charge in [0.05, 0.1) is 5.56 Å². The van der Waals surface area contributed by atoms with E-state index in [0.29, 0.717) is 18.6 Å². The number of hydrogen-bond acceptors (Lipinski definition) is 3. The summed E-state index contributed by atoms with van der Waals surface area (Å²) in [4.78, 5) is 22.0. The van der Waals surface area contributed by atoms with Crippen molar-refractivity contribution >= 4 is 12.3 Å². The van der Waals surface area contributed by atoms with Gasteiger partial charge < -0.3 is 9.53 Å². The van der Waals surface area contributed by atoms with Gasteiger partial charge in [-0.15, -0.1) is 0 Å². The summed E-state index contributed by atoms with van der Waals surface area (Å²) in [5.41, 5.74) is 3.01. The number of hydrogen-bond donors (Lipinski definition) is 0. The fourth-order valence-electron chi connectivity index (χ4n) is 1.95. The lowest BCUT2D eigenvalue weighted by Gasteiger charge is -2.03. The third-order valence-corrected chi connectivity index (χ3v) is 3.34. The van der Waals surface area contributed by atoms with Crippen molar-refractivity contribution in [2.75, 3.05) is 6.61 Å². The first kappa shape index (κ1) is 17.9. The van der Waals surface area contributed by atoms with E-state index in [4.69, 9.17) is 4.74 Å². The van der Waals surface area contributed by atoms with E-state index in [0.717, 1.165) is 25.5 Å². The number of ether oxygens (including phenoxy) is 1. The van der Waals surface area contributed by atoms with Crippen LogP contribution in [0.4, 0.5) is 0 Å². The van der Waals surface area contributed by atoms with Crippen LogP contribution in [0.2, 0.25) is 0 Å². The fourth-order valence-corrected chi connectivity index (χ4v) is 1.95. The number of allylic oxidation sites excluding steroid dienone is 3. The molecular weight excluding hydrogens is 276 g/mol. The van der Waals surface area contributed by atoms with Gasteiger partial charge in [0.1, 0.15) is 12.9 Å². The maximum atomic E-state index is 11.7. The smallest absolute Gasteiger partial charge is 0.338 e. The van der Waals surface area contributed by atoms with Crippen molar-refractivity contribution in [2.24, 2.45) is 0 Å². The van der Waals surface area contributed by atoms with E-state index >= 15 is 0 Å². The van der Waals surface area contributed by atoms with E-state index in [-0.39, 0.29) is 5.97 Å². The lowest BCUT2D eigenvalue weighted by molar-refractivity contribution is -0.107. The topological polar surface area (TPSA) is 43.4 Å². The minimum absolute atomic E-state index is 0.297. The second-order valence-corrected chi connectivity index (χ2v) is 5.31. The molecule has 0 radical (unpaired) electrons. The largest absolute Gasteiger partial charge is 0.458 e. The van der Waals surface area contributed by atoms with Crippen molar-refractivity contribution in [3.63, 3.8) is 0 Å². The second-order valence-electron chi connectivity index (χ2n) is 5.31. The number of carbonyl (C=O) groups is 2. The first-order valence-electron chi connectivity index (χ1n) is 7.60. The minimum atomic E-state index is -0.297. The Hall–Kier alpha value is -2.16. The van der Waals surface area contributed by atoms with Crippen LogP contribution < -0.4 is 0 Å². The molecule has 0 heterocycles. The molecule has 0 atom stereocenters. The molecule has 0 saturated heterocycles. The van der Waals surface area contributed by atoms with Crippen LogP contribution in [0.5, 0.6) is 0 Å². The highest BCUT2D eigenvalue weighted by atomic mass is 16.5. The SMILES string of the molecule is CC(=CCCC(C)=CCOC(=O)c1ccccc1)CCC=O. The molecule has 1 aromatic rings. The van der Waals surface area contributed by atoms with Crippen LogP contribution in [-0.2, 0) is 9.53 Å². The number of rotatable bonds is 9. The zero-order valence-corrected chi connectivity index (χ0v) is 13.4. The molecule has 1 rings (SSSR count). The lowest BCUT2D eigenvalue weighted by Crippen LogP contribution is -2.04. The molecule has 0 N–H and O–H groups in total. The first-order valence-corrected chi connectivity index (χ1v) is 7.60. The Kier molecular flexibility index (Phi) is 8.58. The van der Waals surface area contributed by atoms with Gasteiger partial charge in [-0.25, -0.2) is 4.79 Å². The molecular formula is C19H24O3. The molecule has 0 aliphatic rings. The summed E-state index contributed by atoms with van der Waals surface area (Å²) >= 11 is 0. The van der Waals surface area contributed by atoms with Crippen LogP contribution >= 0.6 is 0 Å². The predicted molar refractivity (Wildman–Crippen MR) is 88.8 cm³/mol. The predicted octanol–water partition coefficient (Wildman–Crippen LogP) is 4.50. The number of aldehydes is 1. The summed E-state index contributed by atoms with van der Waals surface area (Å²) in [6.45, 7) is 4.38. The summed E-state index contributed by atoms with van der Waals surface area (Å²) in [5.74, 6) is -0.297. The van der Waals surface area contributed by atoms with Gasteiger partial charge in [0.2, 0.25) is 0 Å². The first-order chi connectivity index (χ1) is 10.6. The zero-order chi connectivity index (χ0) is 16.2. The minimum Gasteiger partial charge on any atom is -0.458 e. The van der Waals surface area contributed by atoms with Crippen molar-refractivity contribution in [2.45, 2.75) is 39.5 Å². The fraction of sp³-hybridized carbons (Fsp3) is 0.368. The Labute approximate surface area is 132 Å². The Balaban J connectivity index is 2.28. The molecule has 0 unspecified atom stereocenters. The zero-order valence-electron chi connectivity index (χ0n) is 13.4. The van der Waals surface area contributed by atoms with E-state index in [1.54, 1.807) is 12.1 Å². The Morgan fingerprint density at radius 2 is 1.64 bits per heavy atom. The van der Waals surface area contributed by atoms with Crippen molar-refractivity contribution < 1.29 is 14.3 Å². The molecule has 0 spiro atoms. The summed E-state index contributed by atoms with van der Waals surface area (Å²) in [7, 11) is 0. The van der Waals surface area contributed by atoms with Gasteiger partial charge in [0.15, 0.2) is 0 Å². The quantitative estimate of drug-likeness (QED) is 0.383. The average Bonchev–Trinajstić information content (AvgIpc) is 2.53. The Morgan fingerprint density at radius 3 is 2.32 bits per heavy atom. The number of carbonyl (C=O) groups excluding carboxylic acids is 2. The standard InChI is InChI=1S/C19H24O3/c1-16(10-7-14-20)8-6-9-17(2)13-15-22-19(21)18-11-4-3-5-12-18/h3-5,8,11-14H,6-7,9-10,15H2,1-2H3. The third kappa shape index (κ3) is 7.58. The molecule has 0 amide bonds. The highest BCUT2D eigenvalue weighted by Gasteiger charge is 2.04. The summed E-state index contributed by atoms with van der Waals surface area (Å²) in [6.07, 6.45) is 8.35. The molecule has 22 heavy (non-hydrogen) atoms. The molecule has 1 aromatic carbocycles. The molecule has 3 heteroatoms. The lowest BCUT2D eigenvalue weighted by atomic mass is 10.1. The van der Waals surface area contributed by atoms with Gasteiger partial charge in [-0.2, -0.15) is 0 Å². The molecule has 0 saturated carbocycles. The van der Waals surface area contributed by atoms with E-state index < -0.39 is 0 Å². The normalized spacial score (nSPS) is 12.1. The maximum absolute atomic E-state index is 11.7. The highest BCUT2D eigenvalue weighted by Crippen LogP contribution is 2.10. The van der Waals surface area contributed by atoms with Crippen molar-refractivity contribution in [1.82, 2.24) is 0 Å².